The Balaban J connectivity index is 2.48. The van der Waals surface area contributed by atoms with Crippen LogP contribution in [0.25, 0.3) is 0 Å². The molecule has 1 fully saturated rings. The lowest BCUT2D eigenvalue weighted by Crippen LogP contribution is -2.39. The van der Waals surface area contributed by atoms with E-state index in [-0.39, 0.29) is 0 Å². The van der Waals surface area contributed by atoms with Crippen molar-refractivity contribution in [1.29, 1.82) is 0 Å². The van der Waals surface area contributed by atoms with Gasteiger partial charge in [-0.15, -0.1) is 0 Å². The third-order valence-electron chi connectivity index (χ3n) is 3.35. The minimum Gasteiger partial charge on any atom is -0.390 e. The molecule has 0 heterocycles. The van der Waals surface area contributed by atoms with Crippen LogP contribution in [0.2, 0.25) is 0 Å². The molecule has 2 nitrogen and oxygen atoms in total. The standard InChI is InChI=1S/C10H21NO/c1-8-3-4-10(12,5-6-11)7-9(8)2/h8-9,12H,3-7,11H2,1-2H3. The van der Waals surface area contributed by atoms with Crippen molar-refractivity contribution in [2.75, 3.05) is 6.54 Å². The van der Waals surface area contributed by atoms with Crippen LogP contribution in [-0.2, 0) is 0 Å². The number of nitrogens with two attached hydrogens (primary N) is 1. The third kappa shape index (κ3) is 2.20. The van der Waals surface area contributed by atoms with Crippen LogP contribution in [0.3, 0.4) is 0 Å². The van der Waals surface area contributed by atoms with Crippen molar-refractivity contribution in [3.8, 4) is 0 Å². The maximum atomic E-state index is 10.1. The van der Waals surface area contributed by atoms with Crippen LogP contribution < -0.4 is 5.73 Å². The molecule has 0 aromatic rings. The zero-order valence-electron chi connectivity index (χ0n) is 8.21. The van der Waals surface area contributed by atoms with Gasteiger partial charge in [0.25, 0.3) is 0 Å². The van der Waals surface area contributed by atoms with Gasteiger partial charge in [-0.2, -0.15) is 0 Å². The number of hydrogen-bond donors (Lipinski definition) is 2. The first-order valence-corrected chi connectivity index (χ1v) is 5.00. The second-order valence-corrected chi connectivity index (χ2v) is 4.46. The van der Waals surface area contributed by atoms with Gasteiger partial charge < -0.3 is 10.8 Å². The maximum Gasteiger partial charge on any atom is 0.0662 e. The molecule has 0 aliphatic heterocycles. The molecule has 1 aliphatic carbocycles. The van der Waals surface area contributed by atoms with Crippen LogP contribution in [0, 0.1) is 11.8 Å². The smallest absolute Gasteiger partial charge is 0.0662 e. The van der Waals surface area contributed by atoms with Crippen LogP contribution in [-0.4, -0.2) is 17.3 Å². The average molecular weight is 171 g/mol. The van der Waals surface area contributed by atoms with Gasteiger partial charge in [-0.1, -0.05) is 13.8 Å². The molecular weight excluding hydrogens is 150 g/mol. The monoisotopic (exact) mass is 171 g/mol. The van der Waals surface area contributed by atoms with Gasteiger partial charge in [0.05, 0.1) is 5.60 Å². The summed E-state index contributed by atoms with van der Waals surface area (Å²) in [6, 6.07) is 0. The molecule has 12 heavy (non-hydrogen) atoms. The van der Waals surface area contributed by atoms with Crippen molar-refractivity contribution in [3.05, 3.63) is 0 Å². The van der Waals surface area contributed by atoms with Gasteiger partial charge >= 0.3 is 0 Å². The van der Waals surface area contributed by atoms with E-state index in [1.54, 1.807) is 0 Å². The Bertz CT molecular complexity index is 149. The minimum atomic E-state index is -0.444. The van der Waals surface area contributed by atoms with E-state index in [0.29, 0.717) is 12.5 Å². The molecule has 1 rings (SSSR count). The molecule has 0 bridgehead atoms. The van der Waals surface area contributed by atoms with Crippen molar-refractivity contribution >= 4 is 0 Å². The molecule has 0 spiro atoms. The van der Waals surface area contributed by atoms with Crippen LogP contribution in [0.5, 0.6) is 0 Å². The molecule has 0 aromatic carbocycles. The van der Waals surface area contributed by atoms with Gasteiger partial charge in [0, 0.05) is 0 Å². The minimum absolute atomic E-state index is 0.444. The Kier molecular flexibility index (Phi) is 3.13. The molecule has 72 valence electrons. The Morgan fingerprint density at radius 2 is 2.08 bits per heavy atom. The number of hydrogen-bond acceptors (Lipinski definition) is 2. The summed E-state index contributed by atoms with van der Waals surface area (Å²) in [6.45, 7) is 5.11. The van der Waals surface area contributed by atoms with E-state index in [4.69, 9.17) is 5.73 Å². The van der Waals surface area contributed by atoms with E-state index in [2.05, 4.69) is 13.8 Å². The fourth-order valence-corrected chi connectivity index (χ4v) is 2.18. The normalized spacial score (nSPS) is 43.0. The van der Waals surface area contributed by atoms with Gasteiger partial charge in [0.2, 0.25) is 0 Å². The molecule has 0 radical (unpaired) electrons. The topological polar surface area (TPSA) is 46.2 Å². The van der Waals surface area contributed by atoms with Crippen LogP contribution in [0.1, 0.15) is 39.5 Å². The van der Waals surface area contributed by atoms with Crippen molar-refractivity contribution in [1.82, 2.24) is 0 Å². The Hall–Kier alpha value is -0.0800. The molecule has 3 unspecified atom stereocenters. The first-order chi connectivity index (χ1) is 5.57. The fraction of sp³-hybridized carbons (Fsp3) is 1.00. The lowest BCUT2D eigenvalue weighted by molar-refractivity contribution is -0.0329. The zero-order chi connectivity index (χ0) is 9.19. The largest absolute Gasteiger partial charge is 0.390 e. The highest BCUT2D eigenvalue weighted by molar-refractivity contribution is 4.87. The van der Waals surface area contributed by atoms with Crippen molar-refractivity contribution in [3.63, 3.8) is 0 Å². The maximum absolute atomic E-state index is 10.1. The van der Waals surface area contributed by atoms with E-state index in [0.717, 1.165) is 31.6 Å². The second kappa shape index (κ2) is 3.75. The summed E-state index contributed by atoms with van der Waals surface area (Å²) in [5.41, 5.74) is 5.02. The van der Waals surface area contributed by atoms with Gasteiger partial charge in [-0.3, -0.25) is 0 Å². The Morgan fingerprint density at radius 3 is 2.58 bits per heavy atom. The number of aliphatic hydroxyl groups is 1. The van der Waals surface area contributed by atoms with Crippen LogP contribution in [0.4, 0.5) is 0 Å². The third-order valence-corrected chi connectivity index (χ3v) is 3.35. The average Bonchev–Trinajstić information content (AvgIpc) is 1.98. The summed E-state index contributed by atoms with van der Waals surface area (Å²) >= 11 is 0. The molecule has 3 atom stereocenters. The SMILES string of the molecule is CC1CCC(O)(CCN)CC1C. The van der Waals surface area contributed by atoms with Crippen LogP contribution >= 0.6 is 0 Å². The Labute approximate surface area is 75.2 Å². The summed E-state index contributed by atoms with van der Waals surface area (Å²) in [5.74, 6) is 1.42. The Morgan fingerprint density at radius 1 is 1.42 bits per heavy atom. The fourth-order valence-electron chi connectivity index (χ4n) is 2.18. The zero-order valence-corrected chi connectivity index (χ0v) is 8.21. The summed E-state index contributed by atoms with van der Waals surface area (Å²) in [4.78, 5) is 0. The van der Waals surface area contributed by atoms with Gasteiger partial charge in [-0.05, 0) is 44.1 Å². The first kappa shape index (κ1) is 10.0. The van der Waals surface area contributed by atoms with Gasteiger partial charge in [0.1, 0.15) is 0 Å². The molecule has 2 heteroatoms. The second-order valence-electron chi connectivity index (χ2n) is 4.46. The lowest BCUT2D eigenvalue weighted by Gasteiger charge is -2.38. The summed E-state index contributed by atoms with van der Waals surface area (Å²) in [6.07, 6.45) is 3.79. The van der Waals surface area contributed by atoms with Gasteiger partial charge in [0.15, 0.2) is 0 Å². The molecule has 3 N–H and O–H groups in total. The summed E-state index contributed by atoms with van der Waals surface area (Å²) < 4.78 is 0. The van der Waals surface area contributed by atoms with E-state index in [9.17, 15) is 5.11 Å². The summed E-state index contributed by atoms with van der Waals surface area (Å²) in [5, 5.41) is 10.1. The van der Waals surface area contributed by atoms with E-state index in [1.807, 2.05) is 0 Å². The van der Waals surface area contributed by atoms with Crippen LogP contribution in [0.15, 0.2) is 0 Å². The van der Waals surface area contributed by atoms with Crippen molar-refractivity contribution in [2.24, 2.45) is 17.6 Å². The summed E-state index contributed by atoms with van der Waals surface area (Å²) in [7, 11) is 0. The molecule has 0 amide bonds. The van der Waals surface area contributed by atoms with Crippen molar-refractivity contribution < 1.29 is 5.11 Å². The van der Waals surface area contributed by atoms with Gasteiger partial charge in [-0.25, -0.2) is 0 Å². The predicted molar refractivity (Wildman–Crippen MR) is 50.8 cm³/mol. The van der Waals surface area contributed by atoms with Crippen molar-refractivity contribution in [2.45, 2.75) is 45.1 Å². The molecule has 1 saturated carbocycles. The lowest BCUT2D eigenvalue weighted by atomic mass is 9.72. The quantitative estimate of drug-likeness (QED) is 0.661. The predicted octanol–water partition coefficient (Wildman–Crippen LogP) is 1.52. The highest BCUT2D eigenvalue weighted by atomic mass is 16.3. The molecule has 0 saturated heterocycles. The first-order valence-electron chi connectivity index (χ1n) is 5.00. The highest BCUT2D eigenvalue weighted by Crippen LogP contribution is 2.37. The van der Waals surface area contributed by atoms with E-state index >= 15 is 0 Å². The van der Waals surface area contributed by atoms with E-state index < -0.39 is 5.60 Å². The number of rotatable bonds is 2. The molecular formula is C10H21NO. The molecule has 1 aliphatic rings. The molecule has 0 aromatic heterocycles. The van der Waals surface area contributed by atoms with E-state index in [1.165, 1.54) is 0 Å². The highest BCUT2D eigenvalue weighted by Gasteiger charge is 2.34.